The number of rotatable bonds is 5. The first kappa shape index (κ1) is 69.2. The fourth-order valence-electron chi connectivity index (χ4n) is 6.61. The Morgan fingerprint density at radius 2 is 0.395 bits per heavy atom. The van der Waals surface area contributed by atoms with Crippen molar-refractivity contribution in [1.82, 2.24) is 24.9 Å². The molecule has 10 rings (SSSR count). The third-order valence-electron chi connectivity index (χ3n) is 10.4. The number of pyridine rings is 5. The van der Waals surface area contributed by atoms with Gasteiger partial charge in [-0.25, -0.2) is 48.9 Å². The van der Waals surface area contributed by atoms with Crippen molar-refractivity contribution < 1.29 is 93.6 Å². The fraction of sp³-hybridized carbons (Fsp3) is 0. The zero-order valence-corrected chi connectivity index (χ0v) is 62.1. The molecule has 1 radical (unpaired) electrons. The SMILES string of the molecule is O=C(O)c1ccc2c(I)cc(I)c(O)c2n1.O=C(O)c1ccc2c(I)cc(I)c(O)c2n1.O=C(O)c1ccc2c(I)cc(I)c(O)c2n1.O=C(O)c1ccc2c(I)cc(I)c(O)c2n1.O=C(O)c1ccc2c(I)cc(I)c(O)c2n1.[V]. The Labute approximate surface area is 602 Å². The Kier molecular flexibility index (Phi) is 25.7. The Hall–Kier alpha value is -2.62. The first-order valence-electron chi connectivity index (χ1n) is 21.1. The molecule has 0 saturated carbocycles. The minimum Gasteiger partial charge on any atom is -0.505 e. The Bertz CT molecular complexity index is 3620. The maximum absolute atomic E-state index is 10.8. The van der Waals surface area contributed by atoms with Crippen LogP contribution in [0, 0.1) is 35.7 Å². The summed E-state index contributed by atoms with van der Waals surface area (Å²) in [6.07, 6.45) is 0. The van der Waals surface area contributed by atoms with Gasteiger partial charge in [0.25, 0.3) is 0 Å². The van der Waals surface area contributed by atoms with Gasteiger partial charge in [0.15, 0.2) is 28.7 Å². The number of carbonyl (C=O) groups is 5. The van der Waals surface area contributed by atoms with Crippen LogP contribution in [0.5, 0.6) is 28.7 Å². The van der Waals surface area contributed by atoms with Crippen molar-refractivity contribution in [2.75, 3.05) is 0 Å². The molecule has 0 unspecified atom stereocenters. The molecule has 10 N–H and O–H groups in total. The zero-order chi connectivity index (χ0) is 59.3. The van der Waals surface area contributed by atoms with Crippen LogP contribution >= 0.6 is 226 Å². The second-order valence-corrected chi connectivity index (χ2v) is 27.1. The van der Waals surface area contributed by atoms with E-state index in [-0.39, 0.29) is 75.8 Å². The van der Waals surface area contributed by atoms with Crippen LogP contribution in [0.1, 0.15) is 52.4 Å². The van der Waals surface area contributed by atoms with Crippen molar-refractivity contribution in [3.05, 3.63) is 155 Å². The summed E-state index contributed by atoms with van der Waals surface area (Å²) in [6, 6.07) is 24.5. The first-order chi connectivity index (χ1) is 37.5. The number of aromatic hydroxyl groups is 5. The molecular formula is C50H25I10N5O15V. The number of aromatic carboxylic acids is 5. The molecule has 81 heavy (non-hydrogen) atoms. The van der Waals surface area contributed by atoms with Gasteiger partial charge in [-0.3, -0.25) is 0 Å². The Balaban J connectivity index is 0.000000185. The number of halogens is 10. The summed E-state index contributed by atoms with van der Waals surface area (Å²) < 4.78 is 7.93. The zero-order valence-electron chi connectivity index (χ0n) is 39.1. The van der Waals surface area contributed by atoms with Gasteiger partial charge in [0.2, 0.25) is 0 Å². The van der Waals surface area contributed by atoms with Crippen LogP contribution in [-0.2, 0) is 18.6 Å². The Morgan fingerprint density at radius 3 is 0.519 bits per heavy atom. The molecule has 10 aromatic rings. The van der Waals surface area contributed by atoms with Crippen molar-refractivity contribution in [3.63, 3.8) is 0 Å². The van der Waals surface area contributed by atoms with Gasteiger partial charge in [-0.1, -0.05) is 0 Å². The standard InChI is InChI=1S/5C10H5I2NO3.V/c5*11-5-3-6(12)9(14)8-4(5)1-2-7(13-8)10(15)16;/h5*1-3,14H,(H,15,16);. The van der Waals surface area contributed by atoms with E-state index in [1.807, 2.05) is 143 Å². The average molecular weight is 2260 g/mol. The van der Waals surface area contributed by atoms with Gasteiger partial charge in [-0.2, -0.15) is 0 Å². The van der Waals surface area contributed by atoms with E-state index < -0.39 is 29.8 Å². The molecule has 0 fully saturated rings. The summed E-state index contributed by atoms with van der Waals surface area (Å²) in [5.74, 6) is -5.37. The number of aromatic nitrogens is 5. The van der Waals surface area contributed by atoms with Gasteiger partial charge in [0, 0.05) is 63.3 Å². The summed E-state index contributed by atoms with van der Waals surface area (Å²) in [7, 11) is 0. The predicted octanol–water partition coefficient (Wildman–Crippen LogP) is 14.2. The molecule has 0 aliphatic rings. The molecule has 0 spiro atoms. The second-order valence-electron chi connectivity index (χ2n) is 15.4. The summed E-state index contributed by atoms with van der Waals surface area (Å²) in [5, 5.41) is 97.0. The van der Waals surface area contributed by atoms with Crippen molar-refractivity contribution in [2.24, 2.45) is 0 Å². The molecular weight excluding hydrogens is 2230 g/mol. The molecule has 5 aromatic carbocycles. The van der Waals surface area contributed by atoms with E-state index in [0.29, 0.717) is 45.4 Å². The topological polar surface area (TPSA) is 352 Å². The summed E-state index contributed by atoms with van der Waals surface area (Å²) >= 11 is 20.6. The molecule has 0 aliphatic heterocycles. The molecule has 5 aromatic heterocycles. The minimum atomic E-state index is -1.10. The number of carboxylic acids is 5. The number of phenolic OH excluding ortho intramolecular Hbond substituents is 5. The molecule has 5 heterocycles. The second kappa shape index (κ2) is 30.1. The van der Waals surface area contributed by atoms with Crippen LogP contribution in [0.15, 0.2) is 91.0 Å². The van der Waals surface area contributed by atoms with Crippen LogP contribution in [-0.4, -0.2) is 106 Å². The first-order valence-corrected chi connectivity index (χ1v) is 31.9. The molecule has 415 valence electrons. The van der Waals surface area contributed by atoms with Crippen LogP contribution in [0.3, 0.4) is 0 Å². The number of fused-ring (bicyclic) bond motifs is 5. The van der Waals surface area contributed by atoms with E-state index in [1.165, 1.54) is 30.3 Å². The van der Waals surface area contributed by atoms with Crippen molar-refractivity contribution in [3.8, 4) is 28.7 Å². The van der Waals surface area contributed by atoms with E-state index in [0.717, 1.165) is 44.8 Å². The fourth-order valence-corrected chi connectivity index (χ4v) is 16.2. The third kappa shape index (κ3) is 16.7. The molecule has 0 atom stereocenters. The number of carboxylic acid groups (broad SMARTS) is 5. The van der Waals surface area contributed by atoms with Gasteiger partial charge in [-0.15, -0.1) is 0 Å². The maximum atomic E-state index is 10.8. The number of hydrogen-bond acceptors (Lipinski definition) is 15. The van der Waals surface area contributed by atoms with E-state index in [2.05, 4.69) is 138 Å². The number of nitrogens with zero attached hydrogens (tertiary/aromatic N) is 5. The largest absolute Gasteiger partial charge is 0.505 e. The van der Waals surface area contributed by atoms with E-state index in [9.17, 15) is 49.5 Å². The third-order valence-corrected chi connectivity index (χ3v) is 19.0. The average Bonchev–Trinajstić information content (AvgIpc) is 3.43. The van der Waals surface area contributed by atoms with Crippen LogP contribution < -0.4 is 0 Å². The quantitative estimate of drug-likeness (QED) is 0.0716. The van der Waals surface area contributed by atoms with Crippen molar-refractivity contribution in [2.45, 2.75) is 0 Å². The van der Waals surface area contributed by atoms with E-state index >= 15 is 0 Å². The molecule has 0 amide bonds. The summed E-state index contributed by atoms with van der Waals surface area (Å²) in [5.41, 5.74) is 1.30. The van der Waals surface area contributed by atoms with Gasteiger partial charge >= 0.3 is 29.8 Å². The van der Waals surface area contributed by atoms with Gasteiger partial charge in [-0.05, 0) is 317 Å². The minimum absolute atomic E-state index is 0. The molecule has 0 aliphatic carbocycles. The smallest absolute Gasteiger partial charge is 0.354 e. The van der Waals surface area contributed by atoms with Crippen LogP contribution in [0.25, 0.3) is 54.5 Å². The summed E-state index contributed by atoms with van der Waals surface area (Å²) in [4.78, 5) is 73.6. The number of phenols is 5. The van der Waals surface area contributed by atoms with Crippen LogP contribution in [0.4, 0.5) is 0 Å². The molecule has 20 nitrogen and oxygen atoms in total. The van der Waals surface area contributed by atoms with E-state index in [4.69, 9.17) is 25.5 Å². The van der Waals surface area contributed by atoms with Crippen molar-refractivity contribution in [1.29, 1.82) is 0 Å². The van der Waals surface area contributed by atoms with Gasteiger partial charge in [0.1, 0.15) is 56.1 Å². The predicted molar refractivity (Wildman–Crippen MR) is 379 cm³/mol. The molecule has 0 bridgehead atoms. The van der Waals surface area contributed by atoms with Gasteiger partial charge in [0.05, 0.1) is 17.9 Å². The van der Waals surface area contributed by atoms with Crippen molar-refractivity contribution >= 4 is 310 Å². The van der Waals surface area contributed by atoms with Crippen LogP contribution in [0.2, 0.25) is 0 Å². The van der Waals surface area contributed by atoms with E-state index in [1.54, 1.807) is 30.3 Å². The van der Waals surface area contributed by atoms with Gasteiger partial charge < -0.3 is 51.1 Å². The Morgan fingerprint density at radius 1 is 0.259 bits per heavy atom. The normalized spacial score (nSPS) is 10.5. The number of benzene rings is 5. The number of hydrogen-bond donors (Lipinski definition) is 10. The monoisotopic (exact) mass is 2260 g/mol. The maximum Gasteiger partial charge on any atom is 0.354 e. The summed E-state index contributed by atoms with van der Waals surface area (Å²) in [6.45, 7) is 0. The molecule has 31 heteroatoms. The molecule has 0 saturated heterocycles.